The lowest BCUT2D eigenvalue weighted by molar-refractivity contribution is 0.384. The van der Waals surface area contributed by atoms with E-state index in [1.165, 1.54) is 0 Å². The number of halogens is 2. The van der Waals surface area contributed by atoms with Crippen LogP contribution < -0.4 is 10.6 Å². The molecule has 0 amide bonds. The Hall–Kier alpha value is -0.320. The van der Waals surface area contributed by atoms with E-state index in [9.17, 15) is 0 Å². The van der Waals surface area contributed by atoms with E-state index in [1.807, 2.05) is 6.07 Å². The van der Waals surface area contributed by atoms with Gasteiger partial charge in [-0.05, 0) is 47.7 Å². The average molecular weight is 319 g/mol. The molecule has 3 nitrogen and oxygen atoms in total. The standard InChI is InChI=1S/C12H17BrClN3/c1-17(10-4-2-9(15)3-5-10)12-11(14)6-8(13)7-16-12/h6-7,9-10H,2-5,15H2,1H3. The molecule has 1 aromatic heterocycles. The fourth-order valence-electron chi connectivity index (χ4n) is 2.33. The minimum atomic E-state index is 0.369. The molecule has 1 aliphatic carbocycles. The number of aromatic nitrogens is 1. The lowest BCUT2D eigenvalue weighted by Crippen LogP contribution is -2.39. The monoisotopic (exact) mass is 317 g/mol. The van der Waals surface area contributed by atoms with Gasteiger partial charge in [-0.25, -0.2) is 4.98 Å². The molecule has 2 rings (SSSR count). The van der Waals surface area contributed by atoms with Crippen LogP contribution in [0.1, 0.15) is 25.7 Å². The predicted octanol–water partition coefficient (Wildman–Crippen LogP) is 3.20. The number of hydrogen-bond donors (Lipinski definition) is 1. The summed E-state index contributed by atoms with van der Waals surface area (Å²) in [5, 5.41) is 0.691. The Bertz CT molecular complexity index is 391. The molecule has 1 fully saturated rings. The molecule has 1 aliphatic rings. The number of rotatable bonds is 2. The topological polar surface area (TPSA) is 42.2 Å². The molecule has 1 saturated carbocycles. The maximum atomic E-state index is 6.21. The molecule has 5 heteroatoms. The molecule has 2 N–H and O–H groups in total. The Labute approximate surface area is 115 Å². The second-order valence-corrected chi connectivity index (χ2v) is 5.96. The summed E-state index contributed by atoms with van der Waals surface area (Å²) in [6, 6.07) is 2.75. The third-order valence-electron chi connectivity index (χ3n) is 3.41. The second kappa shape index (κ2) is 5.55. The largest absolute Gasteiger partial charge is 0.355 e. The molecule has 0 bridgehead atoms. The third-order valence-corrected chi connectivity index (χ3v) is 4.12. The SMILES string of the molecule is CN(c1ncc(Br)cc1Cl)C1CCC(N)CC1. The lowest BCUT2D eigenvalue weighted by atomic mass is 9.91. The van der Waals surface area contributed by atoms with E-state index in [1.54, 1.807) is 6.20 Å². The second-order valence-electron chi connectivity index (χ2n) is 4.64. The quantitative estimate of drug-likeness (QED) is 0.910. The zero-order valence-electron chi connectivity index (χ0n) is 9.87. The van der Waals surface area contributed by atoms with E-state index >= 15 is 0 Å². The smallest absolute Gasteiger partial charge is 0.147 e. The van der Waals surface area contributed by atoms with Gasteiger partial charge in [-0.1, -0.05) is 11.6 Å². The summed E-state index contributed by atoms with van der Waals surface area (Å²) >= 11 is 9.58. The molecule has 17 heavy (non-hydrogen) atoms. The van der Waals surface area contributed by atoms with Crippen molar-refractivity contribution in [2.24, 2.45) is 5.73 Å². The zero-order chi connectivity index (χ0) is 12.4. The maximum absolute atomic E-state index is 6.21. The molecule has 0 saturated heterocycles. The van der Waals surface area contributed by atoms with Crippen LogP contribution in [-0.4, -0.2) is 24.1 Å². The van der Waals surface area contributed by atoms with Gasteiger partial charge in [0, 0.05) is 29.8 Å². The van der Waals surface area contributed by atoms with Crippen molar-refractivity contribution in [3.8, 4) is 0 Å². The highest BCUT2D eigenvalue weighted by Crippen LogP contribution is 2.30. The van der Waals surface area contributed by atoms with Crippen molar-refractivity contribution >= 4 is 33.3 Å². The minimum absolute atomic E-state index is 0.369. The van der Waals surface area contributed by atoms with Gasteiger partial charge in [0.1, 0.15) is 5.82 Å². The Balaban J connectivity index is 2.11. The van der Waals surface area contributed by atoms with E-state index in [0.29, 0.717) is 17.1 Å². The van der Waals surface area contributed by atoms with Gasteiger partial charge in [0.25, 0.3) is 0 Å². The van der Waals surface area contributed by atoms with Crippen LogP contribution in [0.4, 0.5) is 5.82 Å². The van der Waals surface area contributed by atoms with Gasteiger partial charge in [-0.15, -0.1) is 0 Å². The number of nitrogens with zero attached hydrogens (tertiary/aromatic N) is 2. The number of nitrogens with two attached hydrogens (primary N) is 1. The Morgan fingerprint density at radius 1 is 1.41 bits per heavy atom. The molecule has 0 aromatic carbocycles. The van der Waals surface area contributed by atoms with Gasteiger partial charge in [0.05, 0.1) is 5.02 Å². The van der Waals surface area contributed by atoms with Gasteiger partial charge in [0.2, 0.25) is 0 Å². The van der Waals surface area contributed by atoms with Crippen molar-refractivity contribution in [1.29, 1.82) is 0 Å². The Kier molecular flexibility index (Phi) is 4.28. The summed E-state index contributed by atoms with van der Waals surface area (Å²) in [6.45, 7) is 0. The first kappa shape index (κ1) is 13.1. The molecule has 0 atom stereocenters. The van der Waals surface area contributed by atoms with Crippen LogP contribution in [0.3, 0.4) is 0 Å². The summed E-state index contributed by atoms with van der Waals surface area (Å²) in [6.07, 6.45) is 6.19. The van der Waals surface area contributed by atoms with Gasteiger partial charge in [0.15, 0.2) is 0 Å². The summed E-state index contributed by atoms with van der Waals surface area (Å²) in [4.78, 5) is 6.57. The van der Waals surface area contributed by atoms with E-state index in [-0.39, 0.29) is 0 Å². The number of pyridine rings is 1. The number of anilines is 1. The predicted molar refractivity (Wildman–Crippen MR) is 75.6 cm³/mol. The van der Waals surface area contributed by atoms with Gasteiger partial charge in [-0.3, -0.25) is 0 Å². The van der Waals surface area contributed by atoms with Crippen molar-refractivity contribution in [3.63, 3.8) is 0 Å². The van der Waals surface area contributed by atoms with Gasteiger partial charge < -0.3 is 10.6 Å². The molecule has 0 radical (unpaired) electrons. The van der Waals surface area contributed by atoms with Gasteiger partial charge >= 0.3 is 0 Å². The van der Waals surface area contributed by atoms with Crippen molar-refractivity contribution in [3.05, 3.63) is 21.8 Å². The van der Waals surface area contributed by atoms with Crippen LogP contribution in [0.2, 0.25) is 5.02 Å². The molecule has 0 spiro atoms. The van der Waals surface area contributed by atoms with E-state index in [4.69, 9.17) is 17.3 Å². The first-order chi connectivity index (χ1) is 8.08. The van der Waals surface area contributed by atoms with Crippen molar-refractivity contribution in [2.75, 3.05) is 11.9 Å². The molecule has 94 valence electrons. The van der Waals surface area contributed by atoms with Crippen LogP contribution in [0.25, 0.3) is 0 Å². The lowest BCUT2D eigenvalue weighted by Gasteiger charge is -2.34. The highest BCUT2D eigenvalue weighted by Gasteiger charge is 2.23. The maximum Gasteiger partial charge on any atom is 0.147 e. The molecule has 1 heterocycles. The van der Waals surface area contributed by atoms with E-state index in [0.717, 1.165) is 36.0 Å². The Morgan fingerprint density at radius 3 is 2.65 bits per heavy atom. The van der Waals surface area contributed by atoms with Crippen LogP contribution in [0.15, 0.2) is 16.7 Å². The van der Waals surface area contributed by atoms with Crippen molar-refractivity contribution in [1.82, 2.24) is 4.98 Å². The van der Waals surface area contributed by atoms with E-state index < -0.39 is 0 Å². The minimum Gasteiger partial charge on any atom is -0.355 e. The van der Waals surface area contributed by atoms with Crippen LogP contribution in [0.5, 0.6) is 0 Å². The van der Waals surface area contributed by atoms with Crippen LogP contribution in [0, 0.1) is 0 Å². The molecular weight excluding hydrogens is 302 g/mol. The van der Waals surface area contributed by atoms with E-state index in [2.05, 4.69) is 32.9 Å². The van der Waals surface area contributed by atoms with Gasteiger partial charge in [-0.2, -0.15) is 0 Å². The van der Waals surface area contributed by atoms with Crippen molar-refractivity contribution < 1.29 is 0 Å². The summed E-state index contributed by atoms with van der Waals surface area (Å²) in [5.41, 5.74) is 5.92. The molecular formula is C12H17BrClN3. The summed E-state index contributed by atoms with van der Waals surface area (Å²) < 4.78 is 0.908. The summed E-state index contributed by atoms with van der Waals surface area (Å²) in [5.74, 6) is 0.857. The molecule has 0 unspecified atom stereocenters. The average Bonchev–Trinajstić information content (AvgIpc) is 2.29. The molecule has 0 aliphatic heterocycles. The van der Waals surface area contributed by atoms with Crippen molar-refractivity contribution in [2.45, 2.75) is 37.8 Å². The number of hydrogen-bond acceptors (Lipinski definition) is 3. The fraction of sp³-hybridized carbons (Fsp3) is 0.583. The highest BCUT2D eigenvalue weighted by atomic mass is 79.9. The van der Waals surface area contributed by atoms with Crippen LogP contribution >= 0.6 is 27.5 Å². The normalized spacial score (nSPS) is 24.7. The Morgan fingerprint density at radius 2 is 2.06 bits per heavy atom. The molecule has 1 aromatic rings. The summed E-state index contributed by atoms with van der Waals surface area (Å²) in [7, 11) is 2.06. The zero-order valence-corrected chi connectivity index (χ0v) is 12.2. The van der Waals surface area contributed by atoms with Crippen LogP contribution in [-0.2, 0) is 0 Å². The highest BCUT2D eigenvalue weighted by molar-refractivity contribution is 9.10. The fourth-order valence-corrected chi connectivity index (χ4v) is 3.09. The first-order valence-corrected chi connectivity index (χ1v) is 7.04. The third kappa shape index (κ3) is 3.12. The first-order valence-electron chi connectivity index (χ1n) is 5.87.